The van der Waals surface area contributed by atoms with Crippen LogP contribution in [0.3, 0.4) is 0 Å². The molecule has 0 aliphatic carbocycles. The van der Waals surface area contributed by atoms with E-state index in [4.69, 9.17) is 14.9 Å². The van der Waals surface area contributed by atoms with Crippen molar-refractivity contribution in [1.82, 2.24) is 4.72 Å². The number of nitro benzene ring substituents is 1. The van der Waals surface area contributed by atoms with Crippen molar-refractivity contribution in [2.75, 3.05) is 13.7 Å². The number of rotatable bonds is 7. The maximum absolute atomic E-state index is 12.0. The number of non-ortho nitro benzene ring substituents is 1. The zero-order valence-electron chi connectivity index (χ0n) is 10.7. The lowest BCUT2D eigenvalue weighted by atomic mass is 10.3. The highest BCUT2D eigenvalue weighted by atomic mass is 32.2. The summed E-state index contributed by atoms with van der Waals surface area (Å²) in [5.74, 6) is -1.89. The number of aliphatic hydroxyl groups excluding tert-OH is 1. The fraction of sp³-hybridized carbons (Fsp3) is 0.300. The van der Waals surface area contributed by atoms with E-state index in [1.54, 1.807) is 4.72 Å². The molecule has 3 N–H and O–H groups in total. The van der Waals surface area contributed by atoms with E-state index in [2.05, 4.69) is 0 Å². The SMILES string of the molecule is COc1cc([N+](=O)[O-])ccc1S(=O)(=O)N[C@H](CO)C(=O)O. The molecule has 116 valence electrons. The van der Waals surface area contributed by atoms with Crippen LogP contribution in [0.25, 0.3) is 0 Å². The second-order valence-corrected chi connectivity index (χ2v) is 5.47. The highest BCUT2D eigenvalue weighted by Crippen LogP contribution is 2.28. The van der Waals surface area contributed by atoms with Crippen LogP contribution in [0.4, 0.5) is 5.69 Å². The summed E-state index contributed by atoms with van der Waals surface area (Å²) in [7, 11) is -3.23. The molecule has 0 aliphatic rings. The number of ether oxygens (including phenoxy) is 1. The fourth-order valence-corrected chi connectivity index (χ4v) is 2.74. The average molecular weight is 320 g/mol. The van der Waals surface area contributed by atoms with Gasteiger partial charge in [-0.15, -0.1) is 0 Å². The molecule has 10 nitrogen and oxygen atoms in total. The third-order valence-corrected chi connectivity index (χ3v) is 3.94. The van der Waals surface area contributed by atoms with Gasteiger partial charge in [-0.1, -0.05) is 0 Å². The summed E-state index contributed by atoms with van der Waals surface area (Å²) in [5, 5.41) is 28.2. The van der Waals surface area contributed by atoms with Gasteiger partial charge in [-0.25, -0.2) is 8.42 Å². The number of nitro groups is 1. The van der Waals surface area contributed by atoms with Crippen molar-refractivity contribution in [3.8, 4) is 5.75 Å². The van der Waals surface area contributed by atoms with E-state index in [0.29, 0.717) is 0 Å². The molecule has 0 aliphatic heterocycles. The molecule has 0 saturated heterocycles. The number of methoxy groups -OCH3 is 1. The van der Waals surface area contributed by atoms with Gasteiger partial charge in [0.15, 0.2) is 0 Å². The Morgan fingerprint density at radius 1 is 1.52 bits per heavy atom. The first-order chi connectivity index (χ1) is 9.72. The number of carboxylic acids is 1. The van der Waals surface area contributed by atoms with Gasteiger partial charge >= 0.3 is 5.97 Å². The van der Waals surface area contributed by atoms with Crippen LogP contribution in [0.2, 0.25) is 0 Å². The third-order valence-electron chi connectivity index (χ3n) is 2.43. The third kappa shape index (κ3) is 3.87. The average Bonchev–Trinajstić information content (AvgIpc) is 2.43. The van der Waals surface area contributed by atoms with Crippen LogP contribution in [0.5, 0.6) is 5.75 Å². The fourth-order valence-electron chi connectivity index (χ4n) is 1.41. The number of aliphatic hydroxyl groups is 1. The molecular formula is C10H12N2O8S. The van der Waals surface area contributed by atoms with Gasteiger partial charge in [0.05, 0.1) is 24.7 Å². The summed E-state index contributed by atoms with van der Waals surface area (Å²) >= 11 is 0. The van der Waals surface area contributed by atoms with Crippen molar-refractivity contribution in [3.05, 3.63) is 28.3 Å². The molecule has 0 fully saturated rings. The summed E-state index contributed by atoms with van der Waals surface area (Å²) < 4.78 is 30.6. The number of sulfonamides is 1. The molecular weight excluding hydrogens is 308 g/mol. The zero-order valence-corrected chi connectivity index (χ0v) is 11.5. The molecule has 0 aromatic heterocycles. The molecule has 1 atom stereocenters. The summed E-state index contributed by atoms with van der Waals surface area (Å²) in [6.45, 7) is -0.955. The predicted molar refractivity (Wildman–Crippen MR) is 68.5 cm³/mol. The summed E-state index contributed by atoms with van der Waals surface area (Å²) in [5.41, 5.74) is -0.386. The molecule has 0 amide bonds. The van der Waals surface area contributed by atoms with E-state index in [9.17, 15) is 23.3 Å². The Morgan fingerprint density at radius 2 is 2.14 bits per heavy atom. The lowest BCUT2D eigenvalue weighted by molar-refractivity contribution is -0.385. The lowest BCUT2D eigenvalue weighted by Crippen LogP contribution is -2.43. The second-order valence-electron chi connectivity index (χ2n) is 3.79. The van der Waals surface area contributed by atoms with Crippen LogP contribution < -0.4 is 9.46 Å². The topological polar surface area (TPSA) is 156 Å². The molecule has 0 spiro atoms. The number of nitrogens with zero attached hydrogens (tertiary/aromatic N) is 1. The molecule has 11 heteroatoms. The standard InChI is InChI=1S/C10H12N2O8S/c1-20-8-4-6(12(16)17)2-3-9(8)21(18,19)11-7(5-13)10(14)15/h2-4,7,11,13H,5H2,1H3,(H,14,15)/t7-/m1/s1. The van der Waals surface area contributed by atoms with Gasteiger partial charge in [0.2, 0.25) is 10.0 Å². The minimum atomic E-state index is -4.34. The normalized spacial score (nSPS) is 12.7. The molecule has 0 saturated carbocycles. The quantitative estimate of drug-likeness (QED) is 0.441. The predicted octanol–water partition coefficient (Wildman–Crippen LogP) is -0.673. The Kier molecular flexibility index (Phi) is 5.18. The Labute approximate surface area is 119 Å². The molecule has 0 radical (unpaired) electrons. The van der Waals surface area contributed by atoms with Gasteiger partial charge < -0.3 is 14.9 Å². The molecule has 1 aromatic carbocycles. The summed E-state index contributed by atoms with van der Waals surface area (Å²) in [6.07, 6.45) is 0. The van der Waals surface area contributed by atoms with Crippen molar-refractivity contribution in [3.63, 3.8) is 0 Å². The Hall–Kier alpha value is -2.24. The van der Waals surface area contributed by atoms with E-state index in [-0.39, 0.29) is 11.4 Å². The largest absolute Gasteiger partial charge is 0.495 e. The summed E-state index contributed by atoms with van der Waals surface area (Å²) in [4.78, 5) is 20.1. The first kappa shape index (κ1) is 16.8. The Bertz CT molecular complexity index is 657. The van der Waals surface area contributed by atoms with Crippen LogP contribution in [-0.2, 0) is 14.8 Å². The van der Waals surface area contributed by atoms with Gasteiger partial charge in [0.1, 0.15) is 16.7 Å². The zero-order chi connectivity index (χ0) is 16.2. The second kappa shape index (κ2) is 6.47. The van der Waals surface area contributed by atoms with Gasteiger partial charge in [-0.3, -0.25) is 14.9 Å². The number of carboxylic acid groups (broad SMARTS) is 1. The minimum Gasteiger partial charge on any atom is -0.495 e. The maximum atomic E-state index is 12.0. The number of carbonyl (C=O) groups is 1. The van der Waals surface area contributed by atoms with Crippen LogP contribution in [0.15, 0.2) is 23.1 Å². The smallest absolute Gasteiger partial charge is 0.324 e. The number of hydrogen-bond acceptors (Lipinski definition) is 7. The highest BCUT2D eigenvalue weighted by molar-refractivity contribution is 7.89. The first-order valence-electron chi connectivity index (χ1n) is 5.41. The van der Waals surface area contributed by atoms with E-state index in [0.717, 1.165) is 25.3 Å². The number of benzene rings is 1. The summed E-state index contributed by atoms with van der Waals surface area (Å²) in [6, 6.07) is 1.000. The lowest BCUT2D eigenvalue weighted by Gasteiger charge is -2.14. The molecule has 0 heterocycles. The molecule has 1 aromatic rings. The van der Waals surface area contributed by atoms with Crippen molar-refractivity contribution < 1.29 is 33.1 Å². The van der Waals surface area contributed by atoms with Gasteiger partial charge in [0, 0.05) is 6.07 Å². The Morgan fingerprint density at radius 3 is 2.57 bits per heavy atom. The van der Waals surface area contributed by atoms with Gasteiger partial charge in [-0.05, 0) is 6.07 Å². The van der Waals surface area contributed by atoms with Crippen molar-refractivity contribution >= 4 is 21.7 Å². The van der Waals surface area contributed by atoms with Crippen LogP contribution >= 0.6 is 0 Å². The minimum absolute atomic E-state index is 0.321. The molecule has 21 heavy (non-hydrogen) atoms. The maximum Gasteiger partial charge on any atom is 0.324 e. The van der Waals surface area contributed by atoms with Crippen molar-refractivity contribution in [1.29, 1.82) is 0 Å². The van der Waals surface area contributed by atoms with Crippen LogP contribution in [0, 0.1) is 10.1 Å². The number of hydrogen-bond donors (Lipinski definition) is 3. The van der Waals surface area contributed by atoms with E-state index < -0.39 is 38.5 Å². The monoisotopic (exact) mass is 320 g/mol. The van der Waals surface area contributed by atoms with E-state index in [1.807, 2.05) is 0 Å². The van der Waals surface area contributed by atoms with E-state index >= 15 is 0 Å². The first-order valence-corrected chi connectivity index (χ1v) is 6.89. The molecule has 0 unspecified atom stereocenters. The Balaban J connectivity index is 3.25. The van der Waals surface area contributed by atoms with Crippen LogP contribution in [0.1, 0.15) is 0 Å². The van der Waals surface area contributed by atoms with Crippen molar-refractivity contribution in [2.45, 2.75) is 10.9 Å². The molecule has 1 rings (SSSR count). The van der Waals surface area contributed by atoms with Crippen molar-refractivity contribution in [2.24, 2.45) is 0 Å². The van der Waals surface area contributed by atoms with Gasteiger partial charge in [0.25, 0.3) is 5.69 Å². The van der Waals surface area contributed by atoms with Gasteiger partial charge in [-0.2, -0.15) is 4.72 Å². The van der Waals surface area contributed by atoms with Crippen LogP contribution in [-0.4, -0.2) is 49.3 Å². The number of aliphatic carboxylic acids is 1. The van der Waals surface area contributed by atoms with E-state index in [1.165, 1.54) is 0 Å². The molecule has 0 bridgehead atoms. The highest BCUT2D eigenvalue weighted by Gasteiger charge is 2.28. The number of nitrogens with one attached hydrogen (secondary N) is 1.